The van der Waals surface area contributed by atoms with E-state index in [-0.39, 0.29) is 0 Å². The number of hydrogen-bond acceptors (Lipinski definition) is 7. The summed E-state index contributed by atoms with van der Waals surface area (Å²) < 4.78 is 8.41. The van der Waals surface area contributed by atoms with E-state index in [1.165, 1.54) is 0 Å². The van der Waals surface area contributed by atoms with Crippen molar-refractivity contribution in [1.29, 1.82) is 0 Å². The summed E-state index contributed by atoms with van der Waals surface area (Å²) in [4.78, 5) is 11.5. The number of ether oxygens (including phenoxy) is 2. The Balaban J connectivity index is 2.74. The minimum absolute atomic E-state index is 0.596. The maximum Gasteiger partial charge on any atom is 0.347 e. The molecule has 1 saturated heterocycles. The zero-order valence-electron chi connectivity index (χ0n) is 8.74. The van der Waals surface area contributed by atoms with E-state index in [4.69, 9.17) is 14.6 Å². The highest BCUT2D eigenvalue weighted by atomic mass is 80.0. The van der Waals surface area contributed by atoms with Crippen LogP contribution in [0.15, 0.2) is 0 Å². The molecule has 0 spiro atoms. The lowest BCUT2D eigenvalue weighted by atomic mass is 9.99. The summed E-state index contributed by atoms with van der Waals surface area (Å²) in [7, 11) is 0. The molecule has 18 heavy (non-hydrogen) atoms. The van der Waals surface area contributed by atoms with E-state index < -0.39 is 45.4 Å². The molecule has 10 heteroatoms. The van der Waals surface area contributed by atoms with Gasteiger partial charge in [0.2, 0.25) is 8.43 Å². The van der Waals surface area contributed by atoms with Crippen LogP contribution in [-0.4, -0.2) is 65.9 Å². The maximum atomic E-state index is 11.5. The van der Waals surface area contributed by atoms with Crippen molar-refractivity contribution in [3.8, 4) is 0 Å². The zero-order valence-corrected chi connectivity index (χ0v) is 13.5. The van der Waals surface area contributed by atoms with Crippen molar-refractivity contribution in [1.82, 2.24) is 0 Å². The Morgan fingerprint density at radius 1 is 1.17 bits per heavy atom. The first kappa shape index (κ1) is 16.8. The van der Waals surface area contributed by atoms with E-state index in [0.29, 0.717) is 0 Å². The third-order valence-corrected chi connectivity index (χ3v) is 3.27. The Morgan fingerprint density at radius 3 is 2.17 bits per heavy atom. The molecule has 1 aliphatic rings. The molecule has 0 bridgehead atoms. The average molecular weight is 459 g/mol. The number of aliphatic hydroxyl groups excluding tert-OH is 4. The molecule has 1 rings (SSSR count). The molecule has 5 atom stereocenters. The first-order valence-corrected chi connectivity index (χ1v) is 7.14. The van der Waals surface area contributed by atoms with Crippen molar-refractivity contribution in [2.45, 2.75) is 32.8 Å². The van der Waals surface area contributed by atoms with Crippen LogP contribution < -0.4 is 0 Å². The van der Waals surface area contributed by atoms with Crippen molar-refractivity contribution in [3.63, 3.8) is 0 Å². The van der Waals surface area contributed by atoms with Crippen LogP contribution in [0, 0.1) is 0 Å². The minimum Gasteiger partial charge on any atom is -0.430 e. The predicted octanol–water partition coefficient (Wildman–Crippen LogP) is -0.832. The molecule has 0 radical (unpaired) electrons. The van der Waals surface area contributed by atoms with Gasteiger partial charge in [-0.15, -0.1) is 0 Å². The van der Waals surface area contributed by atoms with Gasteiger partial charge in [-0.3, -0.25) is 0 Å². The van der Waals surface area contributed by atoms with E-state index >= 15 is 0 Å². The van der Waals surface area contributed by atoms with Gasteiger partial charge in [-0.1, -0.05) is 0 Å². The topological polar surface area (TPSA) is 116 Å². The van der Waals surface area contributed by atoms with E-state index in [1.54, 1.807) is 0 Å². The molecule has 1 unspecified atom stereocenters. The Bertz CT molecular complexity index is 306. The first-order valence-electron chi connectivity index (χ1n) is 4.76. The fourth-order valence-electron chi connectivity index (χ4n) is 1.34. The highest BCUT2D eigenvalue weighted by molar-refractivity contribution is 9.40. The van der Waals surface area contributed by atoms with Gasteiger partial charge >= 0.3 is 5.97 Å². The van der Waals surface area contributed by atoms with E-state index in [1.807, 2.05) is 0 Å². The van der Waals surface area contributed by atoms with Gasteiger partial charge in [0, 0.05) is 0 Å². The second kappa shape index (κ2) is 6.44. The van der Waals surface area contributed by atoms with Crippen LogP contribution >= 0.6 is 47.8 Å². The van der Waals surface area contributed by atoms with Gasteiger partial charge < -0.3 is 29.9 Å². The van der Waals surface area contributed by atoms with Crippen LogP contribution in [0.25, 0.3) is 0 Å². The molecular formula is C8H11Br3O7. The minimum atomic E-state index is -1.62. The van der Waals surface area contributed by atoms with E-state index in [2.05, 4.69) is 47.8 Å². The number of rotatable bonds is 2. The Kier molecular flexibility index (Phi) is 6.00. The molecule has 0 aliphatic carbocycles. The number of esters is 1. The standard InChI is InChI=1S/C8H11Br3O7/c9-8(10,11)7(16)18-6-5(15)4(14)3(13)2(1-12)17-6/h2-6,12-15H,1H2/t2-,3-,4+,5+,6?/m1/s1. The lowest BCUT2D eigenvalue weighted by Gasteiger charge is -2.39. The Morgan fingerprint density at radius 2 is 1.72 bits per heavy atom. The van der Waals surface area contributed by atoms with Crippen molar-refractivity contribution in [2.24, 2.45) is 0 Å². The first-order chi connectivity index (χ1) is 8.18. The number of aliphatic hydroxyl groups is 4. The summed E-state index contributed by atoms with van der Waals surface area (Å²) in [6.07, 6.45) is -7.34. The summed E-state index contributed by atoms with van der Waals surface area (Å²) >= 11 is 8.73. The molecule has 1 fully saturated rings. The van der Waals surface area contributed by atoms with Crippen LogP contribution in [0.1, 0.15) is 0 Å². The molecule has 7 nitrogen and oxygen atoms in total. The van der Waals surface area contributed by atoms with Gasteiger partial charge in [0.25, 0.3) is 0 Å². The maximum absolute atomic E-state index is 11.5. The number of hydrogen-bond donors (Lipinski definition) is 4. The summed E-state index contributed by atoms with van der Waals surface area (Å²) in [5, 5.41) is 37.5. The second-order valence-electron chi connectivity index (χ2n) is 3.60. The van der Waals surface area contributed by atoms with Crippen LogP contribution in [0.3, 0.4) is 0 Å². The van der Waals surface area contributed by atoms with Gasteiger partial charge in [0.1, 0.15) is 24.4 Å². The lowest BCUT2D eigenvalue weighted by Crippen LogP contribution is -2.59. The molecule has 4 N–H and O–H groups in total. The van der Waals surface area contributed by atoms with Crippen LogP contribution in [0.5, 0.6) is 0 Å². The summed E-state index contributed by atoms with van der Waals surface area (Å²) in [6, 6.07) is 0. The molecule has 1 heterocycles. The van der Waals surface area contributed by atoms with Crippen LogP contribution in [0.4, 0.5) is 0 Å². The summed E-state index contributed by atoms with van der Waals surface area (Å²) in [5.41, 5.74) is 0. The number of carbonyl (C=O) groups is 1. The molecule has 0 aromatic heterocycles. The highest BCUT2D eigenvalue weighted by Gasteiger charge is 2.46. The monoisotopic (exact) mass is 456 g/mol. The third-order valence-electron chi connectivity index (χ3n) is 2.30. The van der Waals surface area contributed by atoms with Crippen molar-refractivity contribution >= 4 is 53.8 Å². The smallest absolute Gasteiger partial charge is 0.347 e. The fourth-order valence-corrected chi connectivity index (χ4v) is 1.62. The molecule has 1 aliphatic heterocycles. The number of alkyl halides is 3. The Hall–Kier alpha value is 0.710. The highest BCUT2D eigenvalue weighted by Crippen LogP contribution is 2.36. The number of carbonyl (C=O) groups excluding carboxylic acids is 1. The molecule has 0 aromatic carbocycles. The zero-order chi connectivity index (χ0) is 14.1. The van der Waals surface area contributed by atoms with Crippen LogP contribution in [-0.2, 0) is 14.3 Å². The van der Waals surface area contributed by atoms with Gasteiger partial charge in [-0.2, -0.15) is 0 Å². The molecule has 0 amide bonds. The van der Waals surface area contributed by atoms with Crippen molar-refractivity contribution in [3.05, 3.63) is 0 Å². The summed E-state index contributed by atoms with van der Waals surface area (Å²) in [5.74, 6) is -0.869. The van der Waals surface area contributed by atoms with Gasteiger partial charge in [0.15, 0.2) is 0 Å². The molecule has 106 valence electrons. The fraction of sp³-hybridized carbons (Fsp3) is 0.875. The lowest BCUT2D eigenvalue weighted by molar-refractivity contribution is -0.292. The average Bonchev–Trinajstić information content (AvgIpc) is 2.28. The third kappa shape index (κ3) is 3.85. The number of halogens is 3. The molecule has 0 saturated carbocycles. The SMILES string of the molecule is O=C(OC1O[C@H](CO)[C@@H](O)[C@H](O)[C@@H]1O)C(Br)(Br)Br. The van der Waals surface area contributed by atoms with Gasteiger partial charge in [0.05, 0.1) is 6.61 Å². The largest absolute Gasteiger partial charge is 0.430 e. The van der Waals surface area contributed by atoms with Gasteiger partial charge in [-0.25, -0.2) is 4.79 Å². The van der Waals surface area contributed by atoms with Crippen LogP contribution in [0.2, 0.25) is 0 Å². The quantitative estimate of drug-likeness (QED) is 0.315. The van der Waals surface area contributed by atoms with Crippen molar-refractivity contribution < 1.29 is 34.7 Å². The second-order valence-corrected chi connectivity index (χ2v) is 10.4. The predicted molar refractivity (Wildman–Crippen MR) is 69.4 cm³/mol. The van der Waals surface area contributed by atoms with Gasteiger partial charge in [-0.05, 0) is 47.8 Å². The van der Waals surface area contributed by atoms with Crippen molar-refractivity contribution in [2.75, 3.05) is 6.61 Å². The summed E-state index contributed by atoms with van der Waals surface area (Å²) in [6.45, 7) is -0.596. The normalized spacial score (nSPS) is 37.4. The molecular weight excluding hydrogens is 448 g/mol. The van der Waals surface area contributed by atoms with E-state index in [9.17, 15) is 20.1 Å². The van der Waals surface area contributed by atoms with E-state index in [0.717, 1.165) is 0 Å². The molecule has 0 aromatic rings. The Labute approximate surface area is 127 Å².